The van der Waals surface area contributed by atoms with E-state index in [1.165, 1.54) is 0 Å². The van der Waals surface area contributed by atoms with Gasteiger partial charge in [-0.1, -0.05) is 45.9 Å². The number of nitrogens with zero attached hydrogens (tertiary/aromatic N) is 2. The lowest BCUT2D eigenvalue weighted by Crippen LogP contribution is -2.34. The molecule has 0 atom stereocenters. The molecule has 0 aliphatic rings. The first-order chi connectivity index (χ1) is 10.8. The average Bonchev–Trinajstić information content (AvgIpc) is 2.49. The van der Waals surface area contributed by atoms with Gasteiger partial charge in [0.25, 0.3) is 0 Å². The molecular weight excluding hydrogens is 308 g/mol. The number of hydrogen-bond acceptors (Lipinski definition) is 3. The molecule has 0 amide bonds. The Balaban J connectivity index is 2.43. The molecule has 0 unspecified atom stereocenters. The Bertz CT molecular complexity index is 759. The topological polar surface area (TPSA) is 50.3 Å². The van der Waals surface area contributed by atoms with Gasteiger partial charge >= 0.3 is 0 Å². The molecule has 2 rings (SSSR count). The summed E-state index contributed by atoms with van der Waals surface area (Å²) < 4.78 is 27.9. The summed E-state index contributed by atoms with van der Waals surface area (Å²) in [7, 11) is -3.54. The van der Waals surface area contributed by atoms with E-state index >= 15 is 0 Å². The van der Waals surface area contributed by atoms with Crippen LogP contribution in [0.3, 0.4) is 0 Å². The van der Waals surface area contributed by atoms with Crippen molar-refractivity contribution >= 4 is 20.9 Å². The molecule has 23 heavy (non-hydrogen) atoms. The van der Waals surface area contributed by atoms with E-state index in [1.807, 2.05) is 25.1 Å². The van der Waals surface area contributed by atoms with Crippen LogP contribution in [0.2, 0.25) is 0 Å². The van der Waals surface area contributed by atoms with Crippen molar-refractivity contribution in [3.63, 3.8) is 0 Å². The molecule has 0 aliphatic carbocycles. The van der Waals surface area contributed by atoms with Crippen LogP contribution in [0.25, 0.3) is 10.9 Å². The van der Waals surface area contributed by atoms with Crippen LogP contribution in [0.4, 0.5) is 0 Å². The highest BCUT2D eigenvalue weighted by molar-refractivity contribution is 7.89. The minimum Gasteiger partial charge on any atom is -0.255 e. The summed E-state index contributed by atoms with van der Waals surface area (Å²) in [5.74, 6) is 0. The summed E-state index contributed by atoms with van der Waals surface area (Å²) >= 11 is 0. The molecule has 2 aromatic rings. The highest BCUT2D eigenvalue weighted by Crippen LogP contribution is 2.26. The summed E-state index contributed by atoms with van der Waals surface area (Å²) in [5.41, 5.74) is 0.644. The van der Waals surface area contributed by atoms with Gasteiger partial charge in [0.2, 0.25) is 10.0 Å². The van der Waals surface area contributed by atoms with Crippen LogP contribution < -0.4 is 0 Å². The monoisotopic (exact) mass is 334 g/mol. The fraction of sp³-hybridized carbons (Fsp3) is 0.500. The minimum absolute atomic E-state index is 0.0958. The lowest BCUT2D eigenvalue weighted by molar-refractivity contribution is 0.310. The Kier molecular flexibility index (Phi) is 5.42. The minimum atomic E-state index is -3.54. The number of rotatable bonds is 6. The van der Waals surface area contributed by atoms with Crippen molar-refractivity contribution in [3.8, 4) is 0 Å². The summed E-state index contributed by atoms with van der Waals surface area (Å²) in [4.78, 5) is 4.60. The SMILES string of the molecule is CCCN(CCC(C)(C)C)S(=O)(=O)c1cccc2cccnc12. The first-order valence-corrected chi connectivity index (χ1v) is 9.53. The zero-order valence-corrected chi connectivity index (χ0v) is 15.2. The number of hydrogen-bond donors (Lipinski definition) is 0. The Morgan fingerprint density at radius 3 is 2.43 bits per heavy atom. The van der Waals surface area contributed by atoms with Gasteiger partial charge in [0.1, 0.15) is 4.90 Å². The molecule has 0 saturated carbocycles. The molecule has 0 spiro atoms. The van der Waals surface area contributed by atoms with Crippen molar-refractivity contribution in [1.82, 2.24) is 9.29 Å². The van der Waals surface area contributed by atoms with Crippen LogP contribution >= 0.6 is 0 Å². The third kappa shape index (κ3) is 4.30. The predicted octanol–water partition coefficient (Wildman–Crippen LogP) is 4.07. The van der Waals surface area contributed by atoms with Gasteiger partial charge in [0, 0.05) is 24.7 Å². The summed E-state index contributed by atoms with van der Waals surface area (Å²) in [5, 5.41) is 0.848. The van der Waals surface area contributed by atoms with Crippen LogP contribution in [0.5, 0.6) is 0 Å². The normalized spacial score (nSPS) is 12.9. The third-order valence-corrected chi connectivity index (χ3v) is 5.73. The molecule has 0 bridgehead atoms. The summed E-state index contributed by atoms with van der Waals surface area (Å²) in [6.45, 7) is 9.45. The molecule has 0 aliphatic heterocycles. The second kappa shape index (κ2) is 6.97. The van der Waals surface area contributed by atoms with Crippen molar-refractivity contribution in [1.29, 1.82) is 0 Å². The van der Waals surface area contributed by atoms with Gasteiger partial charge in [0.05, 0.1) is 5.52 Å². The van der Waals surface area contributed by atoms with Gasteiger partial charge < -0.3 is 0 Å². The second-order valence-electron chi connectivity index (χ2n) is 7.05. The Hall–Kier alpha value is -1.46. The predicted molar refractivity (Wildman–Crippen MR) is 94.9 cm³/mol. The summed E-state index contributed by atoms with van der Waals surface area (Å²) in [6.07, 6.45) is 3.26. The summed E-state index contributed by atoms with van der Waals surface area (Å²) in [6, 6.07) is 9.04. The van der Waals surface area contributed by atoms with Crippen molar-refractivity contribution in [2.75, 3.05) is 13.1 Å². The number of pyridine rings is 1. The van der Waals surface area contributed by atoms with E-state index in [4.69, 9.17) is 0 Å². The molecule has 0 saturated heterocycles. The zero-order chi connectivity index (χ0) is 17.1. The van der Waals surface area contributed by atoms with Crippen LogP contribution in [-0.2, 0) is 10.0 Å². The van der Waals surface area contributed by atoms with Gasteiger partial charge in [0.15, 0.2) is 0 Å². The molecule has 4 nitrogen and oxygen atoms in total. The molecule has 1 aromatic heterocycles. The molecule has 5 heteroatoms. The van der Waals surface area contributed by atoms with E-state index in [1.54, 1.807) is 22.6 Å². The largest absolute Gasteiger partial charge is 0.255 e. The highest BCUT2D eigenvalue weighted by atomic mass is 32.2. The van der Waals surface area contributed by atoms with Crippen LogP contribution in [0, 0.1) is 5.41 Å². The first-order valence-electron chi connectivity index (χ1n) is 8.09. The van der Waals surface area contributed by atoms with Crippen molar-refractivity contribution in [2.24, 2.45) is 5.41 Å². The number of benzene rings is 1. The number of aromatic nitrogens is 1. The quantitative estimate of drug-likeness (QED) is 0.800. The standard InChI is InChI=1S/C18H26N2O2S/c1-5-13-20(14-11-18(2,3)4)23(21,22)16-10-6-8-15-9-7-12-19-17(15)16/h6-10,12H,5,11,13-14H2,1-4H3. The molecule has 126 valence electrons. The maximum absolute atomic E-state index is 13.1. The fourth-order valence-electron chi connectivity index (χ4n) is 2.49. The molecule has 0 N–H and O–H groups in total. The smallest absolute Gasteiger partial charge is 0.245 e. The maximum atomic E-state index is 13.1. The van der Waals surface area contributed by atoms with Crippen molar-refractivity contribution < 1.29 is 8.42 Å². The van der Waals surface area contributed by atoms with E-state index in [-0.39, 0.29) is 5.41 Å². The Labute approximate surface area is 139 Å². The lowest BCUT2D eigenvalue weighted by Gasteiger charge is -2.26. The molecular formula is C18H26N2O2S. The average molecular weight is 334 g/mol. The maximum Gasteiger partial charge on any atom is 0.245 e. The van der Waals surface area contributed by atoms with Gasteiger partial charge in [-0.2, -0.15) is 4.31 Å². The number of sulfonamides is 1. The molecule has 0 radical (unpaired) electrons. The van der Waals surface area contributed by atoms with Gasteiger partial charge in [-0.05, 0) is 30.4 Å². The van der Waals surface area contributed by atoms with Gasteiger partial charge in [-0.25, -0.2) is 8.42 Å². The van der Waals surface area contributed by atoms with Crippen molar-refractivity contribution in [3.05, 3.63) is 36.5 Å². The third-order valence-electron chi connectivity index (χ3n) is 3.80. The lowest BCUT2D eigenvalue weighted by atomic mass is 9.92. The molecule has 0 fully saturated rings. The van der Waals surface area contributed by atoms with Gasteiger partial charge in [-0.3, -0.25) is 4.98 Å². The van der Waals surface area contributed by atoms with Crippen LogP contribution in [0.15, 0.2) is 41.4 Å². The van der Waals surface area contributed by atoms with Gasteiger partial charge in [-0.15, -0.1) is 0 Å². The Morgan fingerprint density at radius 2 is 1.78 bits per heavy atom. The van der Waals surface area contributed by atoms with E-state index in [0.717, 1.165) is 18.2 Å². The Morgan fingerprint density at radius 1 is 1.09 bits per heavy atom. The van der Waals surface area contributed by atoms with Crippen LogP contribution in [0.1, 0.15) is 40.5 Å². The first kappa shape index (κ1) is 17.9. The highest BCUT2D eigenvalue weighted by Gasteiger charge is 2.27. The second-order valence-corrected chi connectivity index (χ2v) is 8.95. The molecule has 1 aromatic carbocycles. The number of para-hydroxylation sites is 1. The number of fused-ring (bicyclic) bond motifs is 1. The van der Waals surface area contributed by atoms with Crippen LogP contribution in [-0.4, -0.2) is 30.8 Å². The van der Waals surface area contributed by atoms with E-state index in [2.05, 4.69) is 25.8 Å². The van der Waals surface area contributed by atoms with E-state index in [9.17, 15) is 8.42 Å². The zero-order valence-electron chi connectivity index (χ0n) is 14.4. The fourth-order valence-corrected chi connectivity index (χ4v) is 4.18. The van der Waals surface area contributed by atoms with E-state index in [0.29, 0.717) is 23.5 Å². The van der Waals surface area contributed by atoms with E-state index < -0.39 is 10.0 Å². The molecule has 1 heterocycles. The van der Waals surface area contributed by atoms with Crippen molar-refractivity contribution in [2.45, 2.75) is 45.4 Å².